The van der Waals surface area contributed by atoms with Gasteiger partial charge < -0.3 is 10.3 Å². The molecule has 0 bridgehead atoms. The van der Waals surface area contributed by atoms with Crippen molar-refractivity contribution in [2.24, 2.45) is 7.05 Å². The van der Waals surface area contributed by atoms with Gasteiger partial charge in [-0.1, -0.05) is 18.2 Å². The molecular formula is C17H13F3N6. The predicted molar refractivity (Wildman–Crippen MR) is 90.5 cm³/mol. The fraction of sp³-hybridized carbons (Fsp3) is 0.118. The van der Waals surface area contributed by atoms with E-state index in [9.17, 15) is 13.2 Å². The lowest BCUT2D eigenvalue weighted by Crippen LogP contribution is -2.09. The molecule has 0 aliphatic rings. The van der Waals surface area contributed by atoms with Gasteiger partial charge in [-0.05, 0) is 12.1 Å². The summed E-state index contributed by atoms with van der Waals surface area (Å²) in [6.07, 6.45) is -0.244. The van der Waals surface area contributed by atoms with Gasteiger partial charge in [-0.3, -0.25) is 0 Å². The Morgan fingerprint density at radius 3 is 2.42 bits per heavy atom. The maximum atomic E-state index is 13.7. The molecule has 0 atom stereocenters. The van der Waals surface area contributed by atoms with Gasteiger partial charge in [-0.25, -0.2) is 9.97 Å². The molecule has 1 aromatic carbocycles. The summed E-state index contributed by atoms with van der Waals surface area (Å²) in [4.78, 5) is 7.89. The average molecular weight is 358 g/mol. The molecular weight excluding hydrogens is 345 g/mol. The zero-order valence-corrected chi connectivity index (χ0v) is 13.6. The summed E-state index contributed by atoms with van der Waals surface area (Å²) in [6.45, 7) is 0. The summed E-state index contributed by atoms with van der Waals surface area (Å²) >= 11 is 0. The van der Waals surface area contributed by atoms with Crippen LogP contribution in [0.15, 0.2) is 48.9 Å². The Morgan fingerprint density at radius 1 is 1.04 bits per heavy atom. The van der Waals surface area contributed by atoms with Crippen LogP contribution < -0.4 is 5.73 Å². The fourth-order valence-electron chi connectivity index (χ4n) is 2.99. The third kappa shape index (κ3) is 2.40. The van der Waals surface area contributed by atoms with Crippen molar-refractivity contribution in [1.29, 1.82) is 0 Å². The van der Waals surface area contributed by atoms with Crippen LogP contribution in [0.2, 0.25) is 0 Å². The van der Waals surface area contributed by atoms with E-state index in [0.29, 0.717) is 10.9 Å². The second-order valence-electron chi connectivity index (χ2n) is 5.74. The van der Waals surface area contributed by atoms with Crippen LogP contribution in [0.3, 0.4) is 0 Å². The molecule has 6 nitrogen and oxygen atoms in total. The van der Waals surface area contributed by atoms with Crippen molar-refractivity contribution in [2.45, 2.75) is 6.18 Å². The van der Waals surface area contributed by atoms with E-state index in [2.05, 4.69) is 15.1 Å². The minimum absolute atomic E-state index is 0.0259. The van der Waals surface area contributed by atoms with E-state index in [-0.39, 0.29) is 17.3 Å². The van der Waals surface area contributed by atoms with Crippen LogP contribution >= 0.6 is 0 Å². The summed E-state index contributed by atoms with van der Waals surface area (Å²) in [6, 6.07) is 8.72. The summed E-state index contributed by atoms with van der Waals surface area (Å²) in [5.41, 5.74) is 5.97. The molecule has 9 heteroatoms. The number of anilines is 1. The van der Waals surface area contributed by atoms with Crippen molar-refractivity contribution in [3.05, 3.63) is 54.6 Å². The summed E-state index contributed by atoms with van der Waals surface area (Å²) in [5.74, 6) is -0.193. The van der Waals surface area contributed by atoms with Crippen molar-refractivity contribution in [1.82, 2.24) is 24.3 Å². The molecule has 0 saturated heterocycles. The van der Waals surface area contributed by atoms with Crippen molar-refractivity contribution in [3.63, 3.8) is 0 Å². The first-order chi connectivity index (χ1) is 12.4. The molecule has 0 amide bonds. The molecule has 3 heterocycles. The Labute approximate surface area is 145 Å². The minimum Gasteiger partial charge on any atom is -0.383 e. The number of hydrogen-bond acceptors (Lipinski definition) is 4. The van der Waals surface area contributed by atoms with Crippen LogP contribution in [0.4, 0.5) is 19.0 Å². The van der Waals surface area contributed by atoms with E-state index in [1.165, 1.54) is 12.4 Å². The topological polar surface area (TPSA) is 74.5 Å². The Hall–Kier alpha value is -3.36. The molecule has 0 saturated carbocycles. The quantitative estimate of drug-likeness (QED) is 0.596. The highest BCUT2D eigenvalue weighted by Gasteiger charge is 2.40. The molecule has 0 unspecified atom stereocenters. The molecule has 3 aromatic heterocycles. The molecule has 0 aliphatic heterocycles. The second kappa shape index (κ2) is 5.58. The third-order valence-electron chi connectivity index (χ3n) is 4.10. The van der Waals surface area contributed by atoms with Crippen molar-refractivity contribution >= 4 is 16.7 Å². The summed E-state index contributed by atoms with van der Waals surface area (Å²) in [7, 11) is 1.76. The van der Waals surface area contributed by atoms with Gasteiger partial charge in [0.25, 0.3) is 5.95 Å². The third-order valence-corrected chi connectivity index (χ3v) is 4.10. The monoisotopic (exact) mass is 358 g/mol. The smallest absolute Gasteiger partial charge is 0.383 e. The number of aryl methyl sites for hydroxylation is 1. The fourth-order valence-corrected chi connectivity index (χ4v) is 2.99. The number of benzene rings is 1. The highest BCUT2D eigenvalue weighted by Crippen LogP contribution is 2.43. The molecule has 26 heavy (non-hydrogen) atoms. The number of aromatic nitrogens is 5. The maximum Gasteiger partial charge on any atom is 0.435 e. The zero-order valence-electron chi connectivity index (χ0n) is 13.6. The van der Waals surface area contributed by atoms with Crippen molar-refractivity contribution in [3.8, 4) is 17.1 Å². The van der Waals surface area contributed by atoms with Gasteiger partial charge in [0.05, 0.1) is 5.56 Å². The first kappa shape index (κ1) is 16.1. The SMILES string of the molecule is Cn1cc(-c2c(C(F)(F)F)nn(-c3ncccn3)c2N)c2ccccc21. The van der Waals surface area contributed by atoms with Gasteiger partial charge in [0.15, 0.2) is 5.69 Å². The Morgan fingerprint density at radius 2 is 1.73 bits per heavy atom. The van der Waals surface area contributed by atoms with Gasteiger partial charge in [-0.2, -0.15) is 23.0 Å². The van der Waals surface area contributed by atoms with Gasteiger partial charge in [-0.15, -0.1) is 0 Å². The van der Waals surface area contributed by atoms with E-state index in [0.717, 1.165) is 10.2 Å². The lowest BCUT2D eigenvalue weighted by molar-refractivity contribution is -0.140. The molecule has 4 rings (SSSR count). The highest BCUT2D eigenvalue weighted by atomic mass is 19.4. The van der Waals surface area contributed by atoms with Crippen LogP contribution in [0.5, 0.6) is 0 Å². The number of alkyl halides is 3. The van der Waals surface area contributed by atoms with Crippen LogP contribution in [-0.2, 0) is 13.2 Å². The standard InChI is InChI=1S/C17H13F3N6/c1-25-9-11(10-5-2-3-6-12(10)25)13-14(17(18,19)20)24-26(15(13)21)16-22-7-4-8-23-16/h2-9H,21H2,1H3. The molecule has 0 aliphatic carbocycles. The van der Waals surface area contributed by atoms with Gasteiger partial charge in [0.2, 0.25) is 0 Å². The zero-order chi connectivity index (χ0) is 18.5. The Balaban J connectivity index is 2.06. The lowest BCUT2D eigenvalue weighted by atomic mass is 10.0. The number of fused-ring (bicyclic) bond motifs is 1. The molecule has 0 spiro atoms. The summed E-state index contributed by atoms with van der Waals surface area (Å²) in [5, 5.41) is 4.33. The highest BCUT2D eigenvalue weighted by molar-refractivity contribution is 5.99. The van der Waals surface area contributed by atoms with E-state index < -0.39 is 11.9 Å². The van der Waals surface area contributed by atoms with Crippen LogP contribution in [0, 0.1) is 0 Å². The first-order valence-corrected chi connectivity index (χ1v) is 7.65. The van der Waals surface area contributed by atoms with Crippen LogP contribution in [0.1, 0.15) is 5.69 Å². The first-order valence-electron chi connectivity index (χ1n) is 7.65. The van der Waals surface area contributed by atoms with E-state index in [1.807, 2.05) is 12.1 Å². The number of para-hydroxylation sites is 1. The van der Waals surface area contributed by atoms with Gasteiger partial charge >= 0.3 is 6.18 Å². The molecule has 0 fully saturated rings. The average Bonchev–Trinajstić information content (AvgIpc) is 3.13. The number of nitrogens with zero attached hydrogens (tertiary/aromatic N) is 5. The molecule has 2 N–H and O–H groups in total. The van der Waals surface area contributed by atoms with Crippen molar-refractivity contribution < 1.29 is 13.2 Å². The number of rotatable bonds is 2. The summed E-state index contributed by atoms with van der Waals surface area (Å²) < 4.78 is 43.7. The normalized spacial score (nSPS) is 12.0. The van der Waals surface area contributed by atoms with Crippen molar-refractivity contribution in [2.75, 3.05) is 5.73 Å². The van der Waals surface area contributed by atoms with Gasteiger partial charge in [0.1, 0.15) is 5.82 Å². The van der Waals surface area contributed by atoms with E-state index in [4.69, 9.17) is 5.73 Å². The van der Waals surface area contributed by atoms with E-state index in [1.54, 1.807) is 36.0 Å². The number of hydrogen-bond donors (Lipinski definition) is 1. The van der Waals surface area contributed by atoms with Gasteiger partial charge in [0, 0.05) is 42.1 Å². The molecule has 132 valence electrons. The predicted octanol–water partition coefficient (Wildman–Crippen LogP) is 3.42. The number of halogens is 3. The number of nitrogen functional groups attached to an aromatic ring is 1. The molecule has 4 aromatic rings. The lowest BCUT2D eigenvalue weighted by Gasteiger charge is -2.06. The largest absolute Gasteiger partial charge is 0.435 e. The maximum absolute atomic E-state index is 13.7. The number of nitrogens with two attached hydrogens (primary N) is 1. The minimum atomic E-state index is -4.68. The second-order valence-corrected chi connectivity index (χ2v) is 5.74. The Bertz CT molecular complexity index is 1100. The molecule has 0 radical (unpaired) electrons. The Kier molecular flexibility index (Phi) is 3.46. The van der Waals surface area contributed by atoms with E-state index >= 15 is 0 Å². The van der Waals surface area contributed by atoms with Crippen LogP contribution in [-0.4, -0.2) is 24.3 Å². The van der Waals surface area contributed by atoms with Crippen LogP contribution in [0.25, 0.3) is 28.0 Å².